The number of benzene rings is 3. The van der Waals surface area contributed by atoms with Gasteiger partial charge in [0.05, 0.1) is 10.5 Å². The molecule has 0 atom stereocenters. The summed E-state index contributed by atoms with van der Waals surface area (Å²) in [6.07, 6.45) is 2.65. The summed E-state index contributed by atoms with van der Waals surface area (Å²) in [5.41, 5.74) is 2.70. The van der Waals surface area contributed by atoms with Crippen LogP contribution in [-0.2, 0) is 11.4 Å². The van der Waals surface area contributed by atoms with Gasteiger partial charge in [-0.1, -0.05) is 30.3 Å². The van der Waals surface area contributed by atoms with Crippen molar-refractivity contribution in [2.75, 3.05) is 10.6 Å². The van der Waals surface area contributed by atoms with Crippen molar-refractivity contribution in [3.05, 3.63) is 96.0 Å². The maximum atomic E-state index is 13.3. The van der Waals surface area contributed by atoms with E-state index in [1.165, 1.54) is 24.5 Å². The highest BCUT2D eigenvalue weighted by atomic mass is 79.9. The third-order valence-electron chi connectivity index (χ3n) is 4.57. The lowest BCUT2D eigenvalue weighted by Gasteiger charge is -2.12. The van der Waals surface area contributed by atoms with E-state index in [0.717, 1.165) is 5.39 Å². The summed E-state index contributed by atoms with van der Waals surface area (Å²) >= 11 is 6.38. The molecule has 0 aliphatic heterocycles. The summed E-state index contributed by atoms with van der Waals surface area (Å²) in [4.78, 5) is 20.2. The molecule has 4 aromatic rings. The third kappa shape index (κ3) is 6.06. The highest BCUT2D eigenvalue weighted by Crippen LogP contribution is 2.31. The van der Waals surface area contributed by atoms with Gasteiger partial charge in [0, 0.05) is 16.8 Å². The lowest BCUT2D eigenvalue weighted by atomic mass is 10.2. The van der Waals surface area contributed by atoms with E-state index in [1.54, 1.807) is 48.5 Å². The molecule has 0 saturated carbocycles. The minimum atomic E-state index is -0.318. The number of amides is 1. The smallest absolute Gasteiger partial charge is 0.247 e. The first-order valence-corrected chi connectivity index (χ1v) is 10.0. The van der Waals surface area contributed by atoms with E-state index >= 15 is 0 Å². The van der Waals surface area contributed by atoms with Crippen LogP contribution in [0.2, 0.25) is 5.02 Å². The van der Waals surface area contributed by atoms with Crippen molar-refractivity contribution in [2.45, 2.75) is 6.61 Å². The molecule has 6 nitrogen and oxygen atoms in total. The second-order valence-electron chi connectivity index (χ2n) is 6.84. The van der Waals surface area contributed by atoms with Crippen LogP contribution in [-0.4, -0.2) is 15.9 Å². The number of ether oxygens (including phenoxy) is 1. The number of fused-ring (bicyclic) bond motifs is 1. The van der Waals surface area contributed by atoms with Gasteiger partial charge in [0.2, 0.25) is 5.91 Å². The van der Waals surface area contributed by atoms with Crippen molar-refractivity contribution in [3.8, 4) is 5.75 Å². The Morgan fingerprint density at radius 2 is 1.91 bits per heavy atom. The van der Waals surface area contributed by atoms with Crippen LogP contribution < -0.4 is 15.4 Å². The van der Waals surface area contributed by atoms with Crippen molar-refractivity contribution in [1.82, 2.24) is 9.97 Å². The summed E-state index contributed by atoms with van der Waals surface area (Å²) in [6.45, 7) is 3.65. The zero-order valence-electron chi connectivity index (χ0n) is 17.2. The Morgan fingerprint density at radius 1 is 1.09 bits per heavy atom. The maximum absolute atomic E-state index is 13.3. The monoisotopic (exact) mass is 528 g/mol. The van der Waals surface area contributed by atoms with Crippen molar-refractivity contribution in [2.24, 2.45) is 0 Å². The number of halogens is 3. The summed E-state index contributed by atoms with van der Waals surface area (Å²) in [6, 6.07) is 16.7. The van der Waals surface area contributed by atoms with Crippen LogP contribution >= 0.6 is 28.6 Å². The number of carbonyl (C=O) groups excluding carboxylic acids is 1. The van der Waals surface area contributed by atoms with E-state index in [0.29, 0.717) is 39.0 Å². The molecule has 0 radical (unpaired) electrons. The predicted molar refractivity (Wildman–Crippen MR) is 134 cm³/mol. The highest BCUT2D eigenvalue weighted by molar-refractivity contribution is 8.93. The van der Waals surface area contributed by atoms with Gasteiger partial charge in [0.15, 0.2) is 0 Å². The number of carbonyl (C=O) groups is 1. The Morgan fingerprint density at radius 3 is 2.67 bits per heavy atom. The predicted octanol–water partition coefficient (Wildman–Crippen LogP) is 6.45. The zero-order valence-corrected chi connectivity index (χ0v) is 19.7. The van der Waals surface area contributed by atoms with E-state index in [4.69, 9.17) is 16.3 Å². The molecule has 0 bridgehead atoms. The summed E-state index contributed by atoms with van der Waals surface area (Å²) < 4.78 is 19.0. The van der Waals surface area contributed by atoms with Gasteiger partial charge in [-0.3, -0.25) is 4.79 Å². The minimum absolute atomic E-state index is 0. The van der Waals surface area contributed by atoms with Gasteiger partial charge in [-0.15, -0.1) is 17.0 Å². The van der Waals surface area contributed by atoms with Crippen LogP contribution in [0.15, 0.2) is 79.6 Å². The van der Waals surface area contributed by atoms with Gasteiger partial charge in [0.1, 0.15) is 30.3 Å². The Bertz CT molecular complexity index is 1320. The fraction of sp³-hybridized carbons (Fsp3) is 0.0417. The molecule has 0 fully saturated rings. The third-order valence-corrected chi connectivity index (χ3v) is 4.86. The molecular weight excluding hydrogens is 511 g/mol. The molecule has 0 aliphatic carbocycles. The van der Waals surface area contributed by atoms with E-state index in [1.807, 2.05) is 0 Å². The van der Waals surface area contributed by atoms with E-state index in [-0.39, 0.29) is 35.3 Å². The van der Waals surface area contributed by atoms with Crippen LogP contribution in [0.3, 0.4) is 0 Å². The molecule has 0 saturated heterocycles. The van der Waals surface area contributed by atoms with Gasteiger partial charge in [-0.2, -0.15) is 0 Å². The Balaban J connectivity index is 0.00000306. The van der Waals surface area contributed by atoms with E-state index in [9.17, 15) is 9.18 Å². The molecular formula is C24H19BrClFN4O2. The molecule has 1 amide bonds. The van der Waals surface area contributed by atoms with Gasteiger partial charge in [0.25, 0.3) is 0 Å². The molecule has 33 heavy (non-hydrogen) atoms. The standard InChI is InChI=1S/C24H18ClFN4O2.BrH/c1-2-23(31)29-17-6-8-21-19(11-17)24(28-14-27-21)30-18-7-9-22(20(25)12-18)32-13-15-4-3-5-16(26)10-15;/h2-12,14H,1,13H2,(H,29,31)(H,27,28,30);1H. The van der Waals surface area contributed by atoms with Gasteiger partial charge in [-0.25, -0.2) is 14.4 Å². The van der Waals surface area contributed by atoms with Crippen LogP contribution in [0, 0.1) is 5.82 Å². The lowest BCUT2D eigenvalue weighted by Crippen LogP contribution is -2.07. The van der Waals surface area contributed by atoms with Crippen LogP contribution in [0.5, 0.6) is 5.75 Å². The molecule has 1 heterocycles. The molecule has 0 unspecified atom stereocenters. The van der Waals surface area contributed by atoms with E-state index in [2.05, 4.69) is 27.2 Å². The SMILES string of the molecule is Br.C=CC(=O)Nc1ccc2ncnc(Nc3ccc(OCc4cccc(F)c4)c(Cl)c3)c2c1. The first-order chi connectivity index (χ1) is 15.5. The fourth-order valence-electron chi connectivity index (χ4n) is 3.05. The van der Waals surface area contributed by atoms with Crippen LogP contribution in [0.25, 0.3) is 10.9 Å². The molecule has 0 spiro atoms. The number of hydrogen-bond donors (Lipinski definition) is 2. The second-order valence-corrected chi connectivity index (χ2v) is 7.24. The number of aromatic nitrogens is 2. The molecule has 2 N–H and O–H groups in total. The summed E-state index contributed by atoms with van der Waals surface area (Å²) in [7, 11) is 0. The Hall–Kier alpha value is -3.49. The van der Waals surface area contributed by atoms with Crippen molar-refractivity contribution in [1.29, 1.82) is 0 Å². The van der Waals surface area contributed by atoms with Crippen LogP contribution in [0.4, 0.5) is 21.6 Å². The number of nitrogens with zero attached hydrogens (tertiary/aromatic N) is 2. The zero-order chi connectivity index (χ0) is 22.5. The molecule has 3 aromatic carbocycles. The first-order valence-electron chi connectivity index (χ1n) is 9.64. The molecule has 1 aromatic heterocycles. The van der Waals surface area contributed by atoms with Crippen LogP contribution in [0.1, 0.15) is 5.56 Å². The van der Waals surface area contributed by atoms with Crippen molar-refractivity contribution < 1.29 is 13.9 Å². The largest absolute Gasteiger partial charge is 0.487 e. The topological polar surface area (TPSA) is 76.1 Å². The Kier molecular flexibility index (Phi) is 7.97. The number of anilines is 3. The average molecular weight is 530 g/mol. The number of nitrogens with one attached hydrogen (secondary N) is 2. The van der Waals surface area contributed by atoms with Crippen molar-refractivity contribution >= 4 is 62.6 Å². The molecule has 0 aliphatic rings. The molecule has 168 valence electrons. The maximum Gasteiger partial charge on any atom is 0.247 e. The van der Waals surface area contributed by atoms with Gasteiger partial charge >= 0.3 is 0 Å². The average Bonchev–Trinajstić information content (AvgIpc) is 2.79. The minimum Gasteiger partial charge on any atom is -0.487 e. The first kappa shape index (κ1) is 24.2. The quantitative estimate of drug-likeness (QED) is 0.269. The lowest BCUT2D eigenvalue weighted by molar-refractivity contribution is -0.111. The second kappa shape index (κ2) is 10.9. The summed E-state index contributed by atoms with van der Waals surface area (Å²) in [5.74, 6) is 0.398. The van der Waals surface area contributed by atoms with Gasteiger partial charge in [-0.05, 0) is 60.2 Å². The van der Waals surface area contributed by atoms with Crippen molar-refractivity contribution in [3.63, 3.8) is 0 Å². The summed E-state index contributed by atoms with van der Waals surface area (Å²) in [5, 5.41) is 7.05. The number of hydrogen-bond acceptors (Lipinski definition) is 5. The van der Waals surface area contributed by atoms with E-state index < -0.39 is 0 Å². The number of rotatable bonds is 7. The molecule has 4 rings (SSSR count). The normalized spacial score (nSPS) is 10.2. The Labute approximate surface area is 205 Å². The fourth-order valence-corrected chi connectivity index (χ4v) is 3.28. The molecule has 9 heteroatoms. The highest BCUT2D eigenvalue weighted by Gasteiger charge is 2.09. The van der Waals surface area contributed by atoms with Gasteiger partial charge < -0.3 is 15.4 Å².